The Morgan fingerprint density at radius 3 is 2.70 bits per heavy atom. The Labute approximate surface area is 125 Å². The molecule has 0 radical (unpaired) electrons. The summed E-state index contributed by atoms with van der Waals surface area (Å²) < 4.78 is 3.09. The van der Waals surface area contributed by atoms with Gasteiger partial charge < -0.3 is 5.73 Å². The zero-order valence-corrected chi connectivity index (χ0v) is 12.8. The maximum Gasteiger partial charge on any atom is 0.147 e. The summed E-state index contributed by atoms with van der Waals surface area (Å²) in [4.78, 5) is 9.15. The molecular formula is C15H15BrN4. The van der Waals surface area contributed by atoms with Gasteiger partial charge in [0.05, 0.1) is 5.69 Å². The van der Waals surface area contributed by atoms with Crippen molar-refractivity contribution in [3.63, 3.8) is 0 Å². The summed E-state index contributed by atoms with van der Waals surface area (Å²) in [5.74, 6) is 0.927. The van der Waals surface area contributed by atoms with E-state index in [1.807, 2.05) is 35.9 Å². The van der Waals surface area contributed by atoms with Gasteiger partial charge in [-0.3, -0.25) is 4.40 Å². The van der Waals surface area contributed by atoms with E-state index >= 15 is 0 Å². The SMILES string of the molecule is Cc1ncc(-c2ccc(Br)cc2)c2nc(CCN)cn12. The highest BCUT2D eigenvalue weighted by Crippen LogP contribution is 2.25. The summed E-state index contributed by atoms with van der Waals surface area (Å²) in [6.45, 7) is 2.58. The van der Waals surface area contributed by atoms with E-state index in [4.69, 9.17) is 10.7 Å². The van der Waals surface area contributed by atoms with E-state index < -0.39 is 0 Å². The summed E-state index contributed by atoms with van der Waals surface area (Å²) in [6.07, 6.45) is 4.68. The highest BCUT2D eigenvalue weighted by atomic mass is 79.9. The first-order valence-electron chi connectivity index (χ1n) is 6.48. The number of nitrogens with two attached hydrogens (primary N) is 1. The van der Waals surface area contributed by atoms with Crippen molar-refractivity contribution in [1.82, 2.24) is 14.4 Å². The van der Waals surface area contributed by atoms with Crippen molar-refractivity contribution in [3.8, 4) is 11.1 Å². The van der Waals surface area contributed by atoms with Gasteiger partial charge in [-0.1, -0.05) is 28.1 Å². The van der Waals surface area contributed by atoms with Gasteiger partial charge in [-0.15, -0.1) is 0 Å². The van der Waals surface area contributed by atoms with E-state index in [0.717, 1.165) is 39.2 Å². The highest BCUT2D eigenvalue weighted by Gasteiger charge is 2.10. The van der Waals surface area contributed by atoms with Gasteiger partial charge in [0.25, 0.3) is 0 Å². The minimum Gasteiger partial charge on any atom is -0.330 e. The molecule has 0 bridgehead atoms. The smallest absolute Gasteiger partial charge is 0.147 e. The van der Waals surface area contributed by atoms with Gasteiger partial charge in [-0.05, 0) is 31.2 Å². The third kappa shape index (κ3) is 2.34. The van der Waals surface area contributed by atoms with Crippen molar-refractivity contribution in [2.45, 2.75) is 13.3 Å². The van der Waals surface area contributed by atoms with Gasteiger partial charge in [0, 0.05) is 28.9 Å². The second kappa shape index (κ2) is 5.34. The first-order chi connectivity index (χ1) is 9.69. The fourth-order valence-electron chi connectivity index (χ4n) is 2.24. The Bertz CT molecular complexity index is 746. The Hall–Kier alpha value is -1.72. The van der Waals surface area contributed by atoms with Crippen molar-refractivity contribution in [3.05, 3.63) is 52.7 Å². The van der Waals surface area contributed by atoms with Crippen molar-refractivity contribution in [1.29, 1.82) is 0 Å². The first-order valence-corrected chi connectivity index (χ1v) is 7.28. The van der Waals surface area contributed by atoms with Crippen LogP contribution in [-0.2, 0) is 6.42 Å². The van der Waals surface area contributed by atoms with Crippen LogP contribution in [0.1, 0.15) is 11.5 Å². The van der Waals surface area contributed by atoms with E-state index in [-0.39, 0.29) is 0 Å². The van der Waals surface area contributed by atoms with Crippen LogP contribution in [0.15, 0.2) is 41.1 Å². The lowest BCUT2D eigenvalue weighted by molar-refractivity contribution is 0.933. The Morgan fingerprint density at radius 2 is 2.00 bits per heavy atom. The predicted molar refractivity (Wildman–Crippen MR) is 83.6 cm³/mol. The molecule has 1 aromatic carbocycles. The maximum absolute atomic E-state index is 5.62. The van der Waals surface area contributed by atoms with Gasteiger partial charge in [-0.2, -0.15) is 0 Å². The van der Waals surface area contributed by atoms with E-state index in [1.54, 1.807) is 0 Å². The molecule has 2 aromatic heterocycles. The van der Waals surface area contributed by atoms with Crippen LogP contribution >= 0.6 is 15.9 Å². The Morgan fingerprint density at radius 1 is 1.25 bits per heavy atom. The minimum absolute atomic E-state index is 0.601. The monoisotopic (exact) mass is 330 g/mol. The number of nitrogens with zero attached hydrogens (tertiary/aromatic N) is 3. The van der Waals surface area contributed by atoms with Crippen molar-refractivity contribution in [2.75, 3.05) is 6.54 Å². The lowest BCUT2D eigenvalue weighted by Gasteiger charge is -2.05. The van der Waals surface area contributed by atoms with Crippen LogP contribution in [0.4, 0.5) is 0 Å². The molecule has 3 aromatic rings. The van der Waals surface area contributed by atoms with E-state index in [2.05, 4.69) is 33.0 Å². The van der Waals surface area contributed by atoms with Gasteiger partial charge in [-0.25, -0.2) is 9.97 Å². The van der Waals surface area contributed by atoms with Gasteiger partial charge in [0.2, 0.25) is 0 Å². The second-order valence-electron chi connectivity index (χ2n) is 4.69. The van der Waals surface area contributed by atoms with Crippen LogP contribution in [0, 0.1) is 6.92 Å². The van der Waals surface area contributed by atoms with Crippen molar-refractivity contribution >= 4 is 21.6 Å². The lowest BCUT2D eigenvalue weighted by Crippen LogP contribution is -2.02. The summed E-state index contributed by atoms with van der Waals surface area (Å²) in [7, 11) is 0. The third-order valence-electron chi connectivity index (χ3n) is 3.28. The summed E-state index contributed by atoms with van der Waals surface area (Å²) >= 11 is 3.45. The topological polar surface area (TPSA) is 56.2 Å². The van der Waals surface area contributed by atoms with Crippen LogP contribution < -0.4 is 5.73 Å². The lowest BCUT2D eigenvalue weighted by atomic mass is 10.1. The fourth-order valence-corrected chi connectivity index (χ4v) is 2.51. The normalized spacial score (nSPS) is 11.2. The fraction of sp³-hybridized carbons (Fsp3) is 0.200. The average Bonchev–Trinajstić information content (AvgIpc) is 2.86. The molecule has 0 aliphatic rings. The van der Waals surface area contributed by atoms with Crippen LogP contribution in [0.25, 0.3) is 16.8 Å². The maximum atomic E-state index is 5.62. The first kappa shape index (κ1) is 13.3. The zero-order valence-electron chi connectivity index (χ0n) is 11.2. The number of imidazole rings is 1. The molecule has 2 heterocycles. The molecule has 0 fully saturated rings. The van der Waals surface area contributed by atoms with Crippen LogP contribution in [0.3, 0.4) is 0 Å². The van der Waals surface area contributed by atoms with E-state index in [9.17, 15) is 0 Å². The predicted octanol–water partition coefficient (Wildman–Crippen LogP) is 2.97. The van der Waals surface area contributed by atoms with Crippen molar-refractivity contribution in [2.24, 2.45) is 5.73 Å². The minimum atomic E-state index is 0.601. The number of benzene rings is 1. The third-order valence-corrected chi connectivity index (χ3v) is 3.81. The van der Waals surface area contributed by atoms with E-state index in [1.165, 1.54) is 0 Å². The molecule has 4 nitrogen and oxygen atoms in total. The molecular weight excluding hydrogens is 316 g/mol. The van der Waals surface area contributed by atoms with Gasteiger partial charge >= 0.3 is 0 Å². The number of rotatable bonds is 3. The summed E-state index contributed by atoms with van der Waals surface area (Å²) in [5, 5.41) is 0. The Kier molecular flexibility index (Phi) is 3.54. The molecule has 0 amide bonds. The standard InChI is InChI=1S/C15H15BrN4/c1-10-18-8-14(11-2-4-12(16)5-3-11)15-19-13(6-7-17)9-20(10)15/h2-5,8-9H,6-7,17H2,1H3. The van der Waals surface area contributed by atoms with Gasteiger partial charge in [0.15, 0.2) is 0 Å². The molecule has 2 N–H and O–H groups in total. The molecule has 3 rings (SSSR count). The molecule has 0 atom stereocenters. The van der Waals surface area contributed by atoms with Crippen LogP contribution in [0.5, 0.6) is 0 Å². The summed E-state index contributed by atoms with van der Waals surface area (Å²) in [6, 6.07) is 8.17. The molecule has 0 spiro atoms. The largest absolute Gasteiger partial charge is 0.330 e. The van der Waals surface area contributed by atoms with Crippen LogP contribution in [0.2, 0.25) is 0 Å². The number of aromatic nitrogens is 3. The number of fused-ring (bicyclic) bond motifs is 1. The molecule has 0 saturated heterocycles. The molecule has 0 unspecified atom stereocenters. The van der Waals surface area contributed by atoms with Crippen LogP contribution in [-0.4, -0.2) is 20.9 Å². The Balaban J connectivity index is 2.20. The highest BCUT2D eigenvalue weighted by molar-refractivity contribution is 9.10. The molecule has 20 heavy (non-hydrogen) atoms. The average molecular weight is 331 g/mol. The molecule has 102 valence electrons. The van der Waals surface area contributed by atoms with Gasteiger partial charge in [0.1, 0.15) is 11.5 Å². The second-order valence-corrected chi connectivity index (χ2v) is 5.61. The molecule has 0 saturated carbocycles. The zero-order chi connectivity index (χ0) is 14.1. The number of hydrogen-bond acceptors (Lipinski definition) is 3. The number of halogens is 1. The number of hydrogen-bond donors (Lipinski definition) is 1. The molecule has 0 aliphatic carbocycles. The molecule has 5 heteroatoms. The quantitative estimate of drug-likeness (QED) is 0.803. The van der Waals surface area contributed by atoms with Crippen molar-refractivity contribution < 1.29 is 0 Å². The number of aryl methyl sites for hydroxylation is 1. The molecule has 0 aliphatic heterocycles. The summed E-state index contributed by atoms with van der Waals surface area (Å²) in [5.41, 5.74) is 9.69. The van der Waals surface area contributed by atoms with E-state index in [0.29, 0.717) is 6.54 Å².